The summed E-state index contributed by atoms with van der Waals surface area (Å²) in [5.74, 6) is 1.55. The molecule has 0 radical (unpaired) electrons. The molecule has 29 heavy (non-hydrogen) atoms. The van der Waals surface area contributed by atoms with Crippen LogP contribution in [0.5, 0.6) is 23.0 Å². The van der Waals surface area contributed by atoms with Crippen LogP contribution < -0.4 is 29.2 Å². The van der Waals surface area contributed by atoms with E-state index in [4.69, 9.17) is 18.9 Å². The van der Waals surface area contributed by atoms with Gasteiger partial charge in [0.2, 0.25) is 11.8 Å². The standard InChI is InChI=1S/C21H22N2O6/c1-26-15-4-6-17(27-2)16(11-15)22-21(25)13-9-20(24)23(12-13)14-3-5-18-19(10-14)29-8-7-28-18/h3-6,10-11,13H,7-9,12H2,1-2H3,(H,22,25)/t13-/m0/s1. The van der Waals surface area contributed by atoms with Crippen LogP contribution in [0.15, 0.2) is 36.4 Å². The van der Waals surface area contributed by atoms with E-state index in [1.165, 1.54) is 7.11 Å². The first kappa shape index (κ1) is 18.9. The number of anilines is 2. The highest BCUT2D eigenvalue weighted by Gasteiger charge is 2.36. The largest absolute Gasteiger partial charge is 0.497 e. The van der Waals surface area contributed by atoms with Crippen LogP contribution in [0.3, 0.4) is 0 Å². The summed E-state index contributed by atoms with van der Waals surface area (Å²) < 4.78 is 21.6. The van der Waals surface area contributed by atoms with Crippen molar-refractivity contribution < 1.29 is 28.5 Å². The second-order valence-electron chi connectivity index (χ2n) is 6.79. The molecule has 2 aliphatic rings. The van der Waals surface area contributed by atoms with E-state index in [1.807, 2.05) is 0 Å². The number of nitrogens with one attached hydrogen (secondary N) is 1. The molecular formula is C21H22N2O6. The molecular weight excluding hydrogens is 376 g/mol. The van der Waals surface area contributed by atoms with Crippen molar-refractivity contribution in [3.63, 3.8) is 0 Å². The first-order valence-corrected chi connectivity index (χ1v) is 9.32. The van der Waals surface area contributed by atoms with Crippen molar-refractivity contribution in [2.75, 3.05) is 44.2 Å². The summed E-state index contributed by atoms with van der Waals surface area (Å²) in [6.45, 7) is 1.26. The van der Waals surface area contributed by atoms with Gasteiger partial charge in [-0.3, -0.25) is 9.59 Å². The Labute approximate surface area is 168 Å². The number of carbonyl (C=O) groups excluding carboxylic acids is 2. The molecule has 2 heterocycles. The molecule has 0 saturated carbocycles. The van der Waals surface area contributed by atoms with Crippen LogP contribution in [0.1, 0.15) is 6.42 Å². The normalized spacial score (nSPS) is 17.8. The van der Waals surface area contributed by atoms with Crippen LogP contribution in [-0.4, -0.2) is 45.8 Å². The Morgan fingerprint density at radius 2 is 1.86 bits per heavy atom. The maximum absolute atomic E-state index is 12.8. The van der Waals surface area contributed by atoms with Crippen LogP contribution in [-0.2, 0) is 9.59 Å². The molecule has 4 rings (SSSR count). The van der Waals surface area contributed by atoms with Crippen LogP contribution >= 0.6 is 0 Å². The van der Waals surface area contributed by atoms with E-state index in [2.05, 4.69) is 5.32 Å². The van der Waals surface area contributed by atoms with Crippen molar-refractivity contribution in [2.24, 2.45) is 5.92 Å². The van der Waals surface area contributed by atoms with Crippen LogP contribution in [0.4, 0.5) is 11.4 Å². The van der Waals surface area contributed by atoms with Gasteiger partial charge in [0.1, 0.15) is 24.7 Å². The Kier molecular flexibility index (Phi) is 5.16. The summed E-state index contributed by atoms with van der Waals surface area (Å²) >= 11 is 0. The quantitative estimate of drug-likeness (QED) is 0.833. The van der Waals surface area contributed by atoms with Crippen molar-refractivity contribution >= 4 is 23.2 Å². The Bertz CT molecular complexity index is 945. The summed E-state index contributed by atoms with van der Waals surface area (Å²) in [5, 5.41) is 2.85. The van der Waals surface area contributed by atoms with Gasteiger partial charge in [-0.1, -0.05) is 0 Å². The van der Waals surface area contributed by atoms with Gasteiger partial charge in [-0.2, -0.15) is 0 Å². The van der Waals surface area contributed by atoms with E-state index in [9.17, 15) is 9.59 Å². The van der Waals surface area contributed by atoms with Crippen LogP contribution in [0, 0.1) is 5.92 Å². The Balaban J connectivity index is 1.49. The van der Waals surface area contributed by atoms with E-state index in [0.717, 1.165) is 0 Å². The predicted octanol–water partition coefficient (Wildman–Crippen LogP) is 2.47. The number of benzene rings is 2. The molecule has 0 aromatic heterocycles. The lowest BCUT2D eigenvalue weighted by molar-refractivity contribution is -0.122. The molecule has 2 aliphatic heterocycles. The molecule has 2 aromatic carbocycles. The average molecular weight is 398 g/mol. The topological polar surface area (TPSA) is 86.3 Å². The van der Waals surface area contributed by atoms with E-state index in [0.29, 0.717) is 47.6 Å². The molecule has 8 heteroatoms. The van der Waals surface area contributed by atoms with E-state index >= 15 is 0 Å². The molecule has 0 aliphatic carbocycles. The van der Waals surface area contributed by atoms with E-state index < -0.39 is 5.92 Å². The number of hydrogen-bond donors (Lipinski definition) is 1. The summed E-state index contributed by atoms with van der Waals surface area (Å²) in [6.07, 6.45) is 0.132. The minimum atomic E-state index is -0.480. The molecule has 1 N–H and O–H groups in total. The second kappa shape index (κ2) is 7.90. The lowest BCUT2D eigenvalue weighted by Crippen LogP contribution is -2.28. The SMILES string of the molecule is COc1ccc(OC)c(NC(=O)[C@H]2CC(=O)N(c3ccc4c(c3)OCCO4)C2)c1. The fourth-order valence-corrected chi connectivity index (χ4v) is 3.48. The maximum atomic E-state index is 12.8. The lowest BCUT2D eigenvalue weighted by Gasteiger charge is -2.22. The van der Waals surface area contributed by atoms with Crippen LogP contribution in [0.2, 0.25) is 0 Å². The monoisotopic (exact) mass is 398 g/mol. The third kappa shape index (κ3) is 3.78. The molecule has 0 bridgehead atoms. The smallest absolute Gasteiger partial charge is 0.229 e. The number of carbonyl (C=O) groups is 2. The van der Waals surface area contributed by atoms with Crippen LogP contribution in [0.25, 0.3) is 0 Å². The molecule has 2 aromatic rings. The van der Waals surface area contributed by atoms with Gasteiger partial charge < -0.3 is 29.2 Å². The first-order valence-electron chi connectivity index (χ1n) is 9.32. The van der Waals surface area contributed by atoms with Crippen molar-refractivity contribution in [3.8, 4) is 23.0 Å². The minimum Gasteiger partial charge on any atom is -0.497 e. The molecule has 1 fully saturated rings. The molecule has 1 atom stereocenters. The number of methoxy groups -OCH3 is 2. The number of nitrogens with zero attached hydrogens (tertiary/aromatic N) is 1. The van der Waals surface area contributed by atoms with E-state index in [1.54, 1.807) is 48.4 Å². The second-order valence-corrected chi connectivity index (χ2v) is 6.79. The van der Waals surface area contributed by atoms with Crippen molar-refractivity contribution in [1.82, 2.24) is 0 Å². The number of hydrogen-bond acceptors (Lipinski definition) is 6. The highest BCUT2D eigenvalue weighted by molar-refractivity contribution is 6.04. The third-order valence-electron chi connectivity index (χ3n) is 5.00. The summed E-state index contributed by atoms with van der Waals surface area (Å²) in [5.41, 5.74) is 1.19. The molecule has 0 unspecified atom stereocenters. The molecule has 2 amide bonds. The number of ether oxygens (including phenoxy) is 4. The fraction of sp³-hybridized carbons (Fsp3) is 0.333. The predicted molar refractivity (Wildman–Crippen MR) is 106 cm³/mol. The number of rotatable bonds is 5. The van der Waals surface area contributed by atoms with E-state index in [-0.39, 0.29) is 24.8 Å². The van der Waals surface area contributed by atoms with Gasteiger partial charge in [0.25, 0.3) is 0 Å². The highest BCUT2D eigenvalue weighted by Crippen LogP contribution is 2.36. The number of fused-ring (bicyclic) bond motifs is 1. The minimum absolute atomic E-state index is 0.112. The van der Waals surface area contributed by atoms with Gasteiger partial charge in [0, 0.05) is 30.8 Å². The summed E-state index contributed by atoms with van der Waals surface area (Å²) in [4.78, 5) is 27.0. The molecule has 8 nitrogen and oxygen atoms in total. The Morgan fingerprint density at radius 1 is 1.07 bits per heavy atom. The van der Waals surface area contributed by atoms with Crippen molar-refractivity contribution in [3.05, 3.63) is 36.4 Å². The molecule has 0 spiro atoms. The Hall–Kier alpha value is -3.42. The van der Waals surface area contributed by atoms with Gasteiger partial charge in [-0.25, -0.2) is 0 Å². The lowest BCUT2D eigenvalue weighted by atomic mass is 10.1. The van der Waals surface area contributed by atoms with Gasteiger partial charge in [0.05, 0.1) is 25.8 Å². The molecule has 152 valence electrons. The Morgan fingerprint density at radius 3 is 2.62 bits per heavy atom. The van der Waals surface area contributed by atoms with Gasteiger partial charge >= 0.3 is 0 Å². The zero-order valence-electron chi connectivity index (χ0n) is 16.3. The zero-order chi connectivity index (χ0) is 20.4. The van der Waals surface area contributed by atoms with Gasteiger partial charge in [-0.15, -0.1) is 0 Å². The summed E-state index contributed by atoms with van der Waals surface area (Å²) in [7, 11) is 3.08. The van der Waals surface area contributed by atoms with Gasteiger partial charge in [0.15, 0.2) is 11.5 Å². The molecule has 1 saturated heterocycles. The summed E-state index contributed by atoms with van der Waals surface area (Å²) in [6, 6.07) is 10.5. The fourth-order valence-electron chi connectivity index (χ4n) is 3.48. The third-order valence-corrected chi connectivity index (χ3v) is 5.00. The zero-order valence-corrected chi connectivity index (χ0v) is 16.3. The average Bonchev–Trinajstić information content (AvgIpc) is 3.15. The van der Waals surface area contributed by atoms with Gasteiger partial charge in [-0.05, 0) is 24.3 Å². The van der Waals surface area contributed by atoms with Crippen molar-refractivity contribution in [1.29, 1.82) is 0 Å². The first-order chi connectivity index (χ1) is 14.1. The maximum Gasteiger partial charge on any atom is 0.229 e. The van der Waals surface area contributed by atoms with Crippen molar-refractivity contribution in [2.45, 2.75) is 6.42 Å². The number of amides is 2. The highest BCUT2D eigenvalue weighted by atomic mass is 16.6.